The van der Waals surface area contributed by atoms with Crippen LogP contribution in [-0.4, -0.2) is 130 Å². The Kier molecular flexibility index (Phi) is 41.1. The first-order valence-corrected chi connectivity index (χ1v) is 34.1. The van der Waals surface area contributed by atoms with Crippen molar-refractivity contribution in [2.24, 2.45) is 45.3 Å². The molecular formula is C64H121N4O11PS3. The van der Waals surface area contributed by atoms with E-state index in [0.29, 0.717) is 30.4 Å². The number of hydrogen-bond donors (Lipinski definition) is 4. The molecule has 3 aromatic rings. The Bertz CT molecular complexity index is 2480. The molecule has 2 saturated heterocycles. The molecule has 83 heavy (non-hydrogen) atoms. The molecule has 0 bridgehead atoms. The molecular weight excluding hydrogens is 1130 g/mol. The highest BCUT2D eigenvalue weighted by Gasteiger charge is 2.41. The summed E-state index contributed by atoms with van der Waals surface area (Å²) in [6, 6.07) is 32.3. The molecule has 4 fully saturated rings. The largest absolute Gasteiger partial charge is 0.469 e. The fraction of sp³-hybridized carbons (Fsp3) is 0.688. The minimum atomic E-state index is -3.62. The first-order valence-electron chi connectivity index (χ1n) is 26.7. The number of aliphatic hydroxyl groups excluding tert-OH is 1. The van der Waals surface area contributed by atoms with E-state index in [1.54, 1.807) is 20.8 Å². The van der Waals surface area contributed by atoms with Crippen LogP contribution in [0.2, 0.25) is 0 Å². The Morgan fingerprint density at radius 3 is 1.25 bits per heavy atom. The summed E-state index contributed by atoms with van der Waals surface area (Å²) in [4.78, 5) is 23.3. The van der Waals surface area contributed by atoms with Gasteiger partial charge in [-0.25, -0.2) is 39.1 Å². The number of ether oxygens (including phenoxy) is 2. The van der Waals surface area contributed by atoms with Crippen LogP contribution in [0.4, 0.5) is 4.79 Å². The molecule has 0 radical (unpaired) electrons. The zero-order valence-electron chi connectivity index (χ0n) is 49.3. The maximum atomic E-state index is 12.1. The van der Waals surface area contributed by atoms with Gasteiger partial charge >= 0.3 is 12.1 Å². The fourth-order valence-electron chi connectivity index (χ4n) is 9.58. The third-order valence-electron chi connectivity index (χ3n) is 14.6. The molecule has 19 heteroatoms. The minimum absolute atomic E-state index is 0. The number of carbonyl (C=O) groups is 2. The number of methoxy groups -OCH3 is 1. The third kappa shape index (κ3) is 33.3. The van der Waals surface area contributed by atoms with Crippen LogP contribution in [-0.2, 0) is 44.2 Å². The molecule has 1 amide bonds. The molecule has 4 atom stereocenters. The molecule has 3 aromatic carbocycles. The molecule has 4 N–H and O–H groups in total. The van der Waals surface area contributed by atoms with Gasteiger partial charge in [0.25, 0.3) is 0 Å². The number of rotatable bonds is 11. The Morgan fingerprint density at radius 2 is 0.988 bits per heavy atom. The van der Waals surface area contributed by atoms with Crippen molar-refractivity contribution >= 4 is 65.8 Å². The van der Waals surface area contributed by atoms with E-state index >= 15 is 0 Å². The van der Waals surface area contributed by atoms with E-state index in [-0.39, 0.29) is 85.2 Å². The molecule has 4 aliphatic rings. The lowest BCUT2D eigenvalue weighted by atomic mass is 9.82. The van der Waals surface area contributed by atoms with E-state index in [0.717, 1.165) is 68.5 Å². The topological polar surface area (TPSA) is 215 Å². The highest BCUT2D eigenvalue weighted by molar-refractivity contribution is 7.90. The number of nitrogens with zero attached hydrogens (tertiary/aromatic N) is 1. The minimum Gasteiger partial charge on any atom is -0.469 e. The fourth-order valence-corrected chi connectivity index (χ4v) is 13.2. The maximum absolute atomic E-state index is 12.1. The zero-order chi connectivity index (χ0) is 58.7. The number of carbonyl (C=O) groups excluding carboxylic acids is 2. The lowest BCUT2D eigenvalue weighted by Crippen LogP contribution is -2.44. The Balaban J connectivity index is -0.000000301. The van der Waals surface area contributed by atoms with Crippen molar-refractivity contribution in [2.75, 3.05) is 78.0 Å². The Hall–Kier alpha value is -3.48. The van der Waals surface area contributed by atoms with Gasteiger partial charge in [-0.3, -0.25) is 4.79 Å². The normalized spacial score (nSPS) is 20.3. The standard InChI is InChI=1S/C18H15P.C14H27NO4S.C8H18N2O2S.C8H15NO2.C8H16O.C2H6O2S.6CH4/c1-4-10-16(11-5-1)19(17-12-6-2-7-13-17)18-14-8-3-9-15-18;1-13(2,3)19-12(16)15(20(6,17)18)10-11-8-7-9-14(11,4)5;1-8(2)6-9-4-7(8)5-10-13(3,11)12;1-8(2)5-9-4-6(8)7(10)11-3;1-8(2)5-3-4-7(8)6-9;1-5(2,3)4;;;;;;/h1-15H;11H,7-10H2,1-6H3;7,9-10H,4-6H2,1-3H3;6,9H,4-5H2,1-3H3;7,9H,3-6H2,1-2H3;1-2H3;6*1H4. The summed E-state index contributed by atoms with van der Waals surface area (Å²) in [7, 11) is -8.33. The van der Waals surface area contributed by atoms with Crippen molar-refractivity contribution in [1.82, 2.24) is 19.7 Å². The summed E-state index contributed by atoms with van der Waals surface area (Å²) in [5.74, 6) is 1.07. The molecule has 15 nitrogen and oxygen atoms in total. The quantitative estimate of drug-likeness (QED) is 0.104. The van der Waals surface area contributed by atoms with Crippen molar-refractivity contribution in [3.63, 3.8) is 0 Å². The number of nitrogens with one attached hydrogen (secondary N) is 3. The van der Waals surface area contributed by atoms with Crippen molar-refractivity contribution in [3.8, 4) is 0 Å². The van der Waals surface area contributed by atoms with Crippen LogP contribution in [0, 0.1) is 45.3 Å². The maximum Gasteiger partial charge on any atom is 0.424 e. The smallest absolute Gasteiger partial charge is 0.424 e. The van der Waals surface area contributed by atoms with Gasteiger partial charge in [-0.15, -0.1) is 0 Å². The van der Waals surface area contributed by atoms with E-state index in [1.165, 1.54) is 48.5 Å². The van der Waals surface area contributed by atoms with Gasteiger partial charge in [0.2, 0.25) is 20.0 Å². The van der Waals surface area contributed by atoms with Crippen LogP contribution in [0.5, 0.6) is 0 Å². The van der Waals surface area contributed by atoms with Gasteiger partial charge in [0.15, 0.2) is 0 Å². The van der Waals surface area contributed by atoms with Crippen LogP contribution < -0.4 is 31.3 Å². The number of amides is 1. The average Bonchev–Trinajstić information content (AvgIpc) is 4.06. The van der Waals surface area contributed by atoms with Crippen LogP contribution in [0.1, 0.15) is 159 Å². The summed E-state index contributed by atoms with van der Waals surface area (Å²) < 4.78 is 78.1. The number of hydrogen-bond acceptors (Lipinski definition) is 13. The van der Waals surface area contributed by atoms with Crippen LogP contribution >= 0.6 is 7.92 Å². The monoisotopic (exact) mass is 1250 g/mol. The second-order valence-electron chi connectivity index (χ2n) is 24.7. The molecule has 0 spiro atoms. The van der Waals surface area contributed by atoms with Gasteiger partial charge in [0.1, 0.15) is 15.4 Å². The first-order chi connectivity index (χ1) is 35.3. The number of sulfone groups is 1. The van der Waals surface area contributed by atoms with Gasteiger partial charge in [-0.2, -0.15) is 0 Å². The average molecular weight is 1250 g/mol. The van der Waals surface area contributed by atoms with E-state index in [1.807, 2.05) is 0 Å². The van der Waals surface area contributed by atoms with Gasteiger partial charge < -0.3 is 25.2 Å². The SMILES string of the molecule is C.C.C.C.C.C.CC(C)(C)OC(=O)N(CC1CCCC1(C)C)S(C)(=O)=O.CC1(C)CCCC1CO.CC1(C)CNCC1CNS(C)(=O)=O.COC(=O)C1CNCC1(C)C.CS(C)(=O)=O.c1ccc(P(c2ccccc2)c2ccccc2)cc1. The number of sulfonamides is 2. The first kappa shape index (κ1) is 88.3. The zero-order valence-corrected chi connectivity index (χ0v) is 52.7. The molecule has 2 heterocycles. The van der Waals surface area contributed by atoms with E-state index in [2.05, 4.69) is 162 Å². The van der Waals surface area contributed by atoms with Crippen molar-refractivity contribution in [3.05, 3.63) is 91.0 Å². The molecule has 486 valence electrons. The van der Waals surface area contributed by atoms with Crippen molar-refractivity contribution in [2.45, 2.75) is 165 Å². The van der Waals surface area contributed by atoms with Crippen LogP contribution in [0.25, 0.3) is 0 Å². The highest BCUT2D eigenvalue weighted by Crippen LogP contribution is 2.44. The van der Waals surface area contributed by atoms with Gasteiger partial charge in [-0.1, -0.05) is 204 Å². The van der Waals surface area contributed by atoms with Crippen LogP contribution in [0.15, 0.2) is 91.0 Å². The number of esters is 1. The van der Waals surface area contributed by atoms with Crippen molar-refractivity contribution in [1.29, 1.82) is 0 Å². The molecule has 2 aliphatic heterocycles. The van der Waals surface area contributed by atoms with E-state index in [9.17, 15) is 34.8 Å². The van der Waals surface area contributed by atoms with Crippen molar-refractivity contribution < 1.29 is 49.4 Å². The molecule has 2 saturated carbocycles. The summed E-state index contributed by atoms with van der Waals surface area (Å²) >= 11 is 0. The predicted molar refractivity (Wildman–Crippen MR) is 359 cm³/mol. The molecule has 2 aliphatic carbocycles. The predicted octanol–water partition coefficient (Wildman–Crippen LogP) is 11.9. The van der Waals surface area contributed by atoms with E-state index in [4.69, 9.17) is 14.6 Å². The van der Waals surface area contributed by atoms with Gasteiger partial charge in [0.05, 0.1) is 25.5 Å². The Labute approximate surface area is 511 Å². The second-order valence-corrected chi connectivity index (χ2v) is 33.0. The number of aliphatic hydroxyl groups is 1. The Morgan fingerprint density at radius 1 is 0.614 bits per heavy atom. The summed E-state index contributed by atoms with van der Waals surface area (Å²) in [5, 5.41) is 19.5. The summed E-state index contributed by atoms with van der Waals surface area (Å²) in [6.07, 6.45) is 10.7. The lowest BCUT2D eigenvalue weighted by Gasteiger charge is -2.32. The summed E-state index contributed by atoms with van der Waals surface area (Å²) in [6.45, 7) is 27.0. The molecule has 7 rings (SSSR count). The van der Waals surface area contributed by atoms with E-state index < -0.39 is 49.5 Å². The van der Waals surface area contributed by atoms with Gasteiger partial charge in [-0.05, 0) is 116 Å². The number of benzene rings is 3. The lowest BCUT2D eigenvalue weighted by molar-refractivity contribution is -0.147. The summed E-state index contributed by atoms with van der Waals surface area (Å²) in [5.41, 5.74) is 0.00963. The molecule has 4 unspecified atom stereocenters. The molecule has 0 aromatic heterocycles. The van der Waals surface area contributed by atoms with Gasteiger partial charge in [0, 0.05) is 51.8 Å². The third-order valence-corrected chi connectivity index (χ3v) is 18.9. The van der Waals surface area contributed by atoms with Crippen LogP contribution in [0.3, 0.4) is 0 Å². The second kappa shape index (κ2) is 38.6. The highest BCUT2D eigenvalue weighted by atomic mass is 32.2.